The molecule has 8 heteroatoms. The monoisotopic (exact) mass is 446 g/mol. The van der Waals surface area contributed by atoms with E-state index in [1.54, 1.807) is 22.3 Å². The minimum Gasteiger partial charge on any atom is -0.378 e. The Morgan fingerprint density at radius 1 is 1.33 bits per heavy atom. The first kappa shape index (κ1) is 15.0. The smallest absolute Gasteiger partial charge is 0.138 e. The number of nitrogens with one attached hydrogen (secondary N) is 1. The van der Waals surface area contributed by atoms with E-state index in [0.717, 1.165) is 19.6 Å². The molecule has 0 radical (unpaired) electrons. The number of anilines is 1. The molecule has 4 nitrogen and oxygen atoms in total. The summed E-state index contributed by atoms with van der Waals surface area (Å²) in [5, 5.41) is 8.17. The molecule has 0 saturated carbocycles. The summed E-state index contributed by atoms with van der Waals surface area (Å²) in [6, 6.07) is 7.80. The van der Waals surface area contributed by atoms with Crippen molar-refractivity contribution >= 4 is 60.5 Å². The molecule has 3 rings (SSSR count). The summed E-state index contributed by atoms with van der Waals surface area (Å²) in [4.78, 5) is 5.18. The molecule has 0 atom stereocenters. The highest BCUT2D eigenvalue weighted by Gasteiger charge is 2.11. The molecule has 21 heavy (non-hydrogen) atoms. The lowest BCUT2D eigenvalue weighted by atomic mass is 10.2. The minimum atomic E-state index is 0.624. The van der Waals surface area contributed by atoms with E-state index in [-0.39, 0.29) is 0 Å². The Morgan fingerprint density at radius 3 is 2.86 bits per heavy atom. The van der Waals surface area contributed by atoms with Gasteiger partial charge in [-0.05, 0) is 50.1 Å². The molecular formula is C13H9Br2ClN4S. The van der Waals surface area contributed by atoms with Crippen molar-refractivity contribution in [3.63, 3.8) is 0 Å². The molecule has 2 aromatic heterocycles. The van der Waals surface area contributed by atoms with Crippen molar-refractivity contribution in [1.29, 1.82) is 0 Å². The zero-order chi connectivity index (χ0) is 14.8. The number of hydrogen-bond donors (Lipinski definition) is 1. The Labute approximate surface area is 147 Å². The summed E-state index contributed by atoms with van der Waals surface area (Å²) in [5.41, 5.74) is 1.71. The summed E-state index contributed by atoms with van der Waals surface area (Å²) in [5.74, 6) is 0. The molecule has 2 heterocycles. The van der Waals surface area contributed by atoms with Crippen LogP contribution >= 0.6 is 54.8 Å². The Kier molecular flexibility index (Phi) is 4.63. The zero-order valence-electron chi connectivity index (χ0n) is 10.6. The SMILES string of the molecule is Clc1cccc(NCc2cc(Br)c(Br)s2)c1-n1cncn1. The van der Waals surface area contributed by atoms with Gasteiger partial charge in [-0.1, -0.05) is 17.7 Å². The molecule has 0 aliphatic carbocycles. The molecule has 0 unspecified atom stereocenters. The van der Waals surface area contributed by atoms with Gasteiger partial charge < -0.3 is 5.32 Å². The van der Waals surface area contributed by atoms with E-state index in [9.17, 15) is 0 Å². The molecule has 1 N–H and O–H groups in total. The average Bonchev–Trinajstić information content (AvgIpc) is 3.07. The number of nitrogens with zero attached hydrogens (tertiary/aromatic N) is 3. The normalized spacial score (nSPS) is 10.8. The third-order valence-corrected chi connectivity index (χ3v) is 6.35. The standard InChI is InChI=1S/C13H9Br2ClN4S/c14-9-4-8(21-13(9)15)5-18-11-3-1-2-10(16)12(11)20-7-17-6-19-20/h1-4,6-7,18H,5H2. The van der Waals surface area contributed by atoms with Gasteiger partial charge in [0.15, 0.2) is 0 Å². The molecule has 0 aliphatic heterocycles. The Balaban J connectivity index is 1.87. The number of para-hydroxylation sites is 1. The molecule has 0 saturated heterocycles. The average molecular weight is 449 g/mol. The number of aromatic nitrogens is 3. The summed E-state index contributed by atoms with van der Waals surface area (Å²) >= 11 is 15.0. The van der Waals surface area contributed by atoms with Gasteiger partial charge in [0.2, 0.25) is 0 Å². The van der Waals surface area contributed by atoms with Crippen molar-refractivity contribution in [1.82, 2.24) is 14.8 Å². The number of rotatable bonds is 4. The Hall–Kier alpha value is -0.890. The van der Waals surface area contributed by atoms with Crippen molar-refractivity contribution in [2.45, 2.75) is 6.54 Å². The predicted octanol–water partition coefficient (Wildman–Crippen LogP) is 5.12. The second-order valence-electron chi connectivity index (χ2n) is 4.16. The van der Waals surface area contributed by atoms with Crippen molar-refractivity contribution in [3.8, 4) is 5.69 Å². The van der Waals surface area contributed by atoms with Crippen LogP contribution in [0.25, 0.3) is 5.69 Å². The van der Waals surface area contributed by atoms with Gasteiger partial charge in [-0.2, -0.15) is 5.10 Å². The van der Waals surface area contributed by atoms with Gasteiger partial charge in [0, 0.05) is 15.9 Å². The first-order chi connectivity index (χ1) is 10.1. The number of hydrogen-bond acceptors (Lipinski definition) is 4. The van der Waals surface area contributed by atoms with Gasteiger partial charge in [-0.3, -0.25) is 0 Å². The lowest BCUT2D eigenvalue weighted by Gasteiger charge is -2.12. The van der Waals surface area contributed by atoms with Crippen LogP contribution in [0.1, 0.15) is 4.88 Å². The van der Waals surface area contributed by atoms with Crippen LogP contribution < -0.4 is 5.32 Å². The van der Waals surface area contributed by atoms with Crippen molar-refractivity contribution in [3.05, 3.63) is 55.1 Å². The topological polar surface area (TPSA) is 42.7 Å². The number of halogens is 3. The fourth-order valence-corrected chi connectivity index (χ4v) is 4.25. The van der Waals surface area contributed by atoms with Gasteiger partial charge in [0.05, 0.1) is 14.5 Å². The zero-order valence-corrected chi connectivity index (χ0v) is 15.3. The molecule has 0 amide bonds. The Bertz CT molecular complexity index is 738. The summed E-state index contributed by atoms with van der Waals surface area (Å²) in [6.45, 7) is 0.705. The van der Waals surface area contributed by atoms with E-state index in [1.807, 2.05) is 18.2 Å². The van der Waals surface area contributed by atoms with Crippen LogP contribution in [0.15, 0.2) is 45.2 Å². The third kappa shape index (κ3) is 3.31. The largest absolute Gasteiger partial charge is 0.378 e. The summed E-state index contributed by atoms with van der Waals surface area (Å²) in [7, 11) is 0. The van der Waals surface area contributed by atoms with Crippen molar-refractivity contribution in [2.24, 2.45) is 0 Å². The predicted molar refractivity (Wildman–Crippen MR) is 93.4 cm³/mol. The summed E-state index contributed by atoms with van der Waals surface area (Å²) < 4.78 is 3.80. The van der Waals surface area contributed by atoms with E-state index in [1.165, 1.54) is 11.2 Å². The third-order valence-electron chi connectivity index (χ3n) is 2.78. The second-order valence-corrected chi connectivity index (χ2v) is 7.88. The second kappa shape index (κ2) is 6.48. The minimum absolute atomic E-state index is 0.624. The van der Waals surface area contributed by atoms with E-state index in [4.69, 9.17) is 11.6 Å². The molecule has 0 fully saturated rings. The lowest BCUT2D eigenvalue weighted by Crippen LogP contribution is -2.04. The van der Waals surface area contributed by atoms with Crippen LogP contribution in [0.4, 0.5) is 5.69 Å². The van der Waals surface area contributed by atoms with E-state index in [2.05, 4.69) is 53.3 Å². The maximum Gasteiger partial charge on any atom is 0.138 e. The van der Waals surface area contributed by atoms with Crippen molar-refractivity contribution < 1.29 is 0 Å². The van der Waals surface area contributed by atoms with E-state index in [0.29, 0.717) is 11.6 Å². The molecule has 0 bridgehead atoms. The van der Waals surface area contributed by atoms with Gasteiger partial charge in [0.1, 0.15) is 18.3 Å². The fraction of sp³-hybridized carbons (Fsp3) is 0.0769. The van der Waals surface area contributed by atoms with Crippen LogP contribution in [0.2, 0.25) is 5.02 Å². The lowest BCUT2D eigenvalue weighted by molar-refractivity contribution is 0.878. The number of thiophene rings is 1. The molecule has 1 aromatic carbocycles. The molecular weight excluding hydrogens is 439 g/mol. The number of benzene rings is 1. The van der Waals surface area contributed by atoms with E-state index < -0.39 is 0 Å². The van der Waals surface area contributed by atoms with Gasteiger partial charge in [-0.25, -0.2) is 9.67 Å². The highest BCUT2D eigenvalue weighted by molar-refractivity contribution is 9.13. The van der Waals surface area contributed by atoms with Gasteiger partial charge >= 0.3 is 0 Å². The molecule has 0 aliphatic rings. The van der Waals surface area contributed by atoms with Crippen molar-refractivity contribution in [2.75, 3.05) is 5.32 Å². The van der Waals surface area contributed by atoms with Crippen LogP contribution in [0.3, 0.4) is 0 Å². The maximum atomic E-state index is 6.29. The van der Waals surface area contributed by atoms with E-state index >= 15 is 0 Å². The molecule has 0 spiro atoms. The summed E-state index contributed by atoms with van der Waals surface area (Å²) in [6.07, 6.45) is 3.12. The van der Waals surface area contributed by atoms with Gasteiger partial charge in [-0.15, -0.1) is 11.3 Å². The first-order valence-corrected chi connectivity index (χ1v) is 8.74. The highest BCUT2D eigenvalue weighted by atomic mass is 79.9. The molecule has 3 aromatic rings. The first-order valence-electron chi connectivity index (χ1n) is 5.96. The maximum absolute atomic E-state index is 6.29. The van der Waals surface area contributed by atoms with Crippen LogP contribution in [0, 0.1) is 0 Å². The van der Waals surface area contributed by atoms with Crippen LogP contribution in [-0.4, -0.2) is 14.8 Å². The van der Waals surface area contributed by atoms with Gasteiger partial charge in [0.25, 0.3) is 0 Å². The molecule has 108 valence electrons. The fourth-order valence-electron chi connectivity index (χ4n) is 1.88. The van der Waals surface area contributed by atoms with Crippen LogP contribution in [-0.2, 0) is 6.54 Å². The van der Waals surface area contributed by atoms with Crippen LogP contribution in [0.5, 0.6) is 0 Å². The quantitative estimate of drug-likeness (QED) is 0.603. The Morgan fingerprint density at radius 2 is 2.19 bits per heavy atom. The highest BCUT2D eigenvalue weighted by Crippen LogP contribution is 2.33.